The number of carbonyl (C=O) groups excluding carboxylic acids is 3. The number of fused-ring (bicyclic) bond motifs is 1. The summed E-state index contributed by atoms with van der Waals surface area (Å²) in [6.07, 6.45) is 3.72. The van der Waals surface area contributed by atoms with Crippen molar-refractivity contribution in [3.8, 4) is 11.1 Å². The number of hydrogen-bond donors (Lipinski definition) is 2. The standard InChI is InChI=1S/C38H45IN4O6/c1-42(19-8-7-13-35(44)40-32-16-14-28(15-17-32)37-47-21-22-48-37)36(45)18-20-43-25-29-23-31(24-30(29)26-43)39-49-38(46)41-34-12-6-5-11-33(34)27-9-3-2-4-10-27/h2-6,9-12,14-17,29-30,37H,7-8,13,18-26H2,1H3,(H,40,44)(H,41,46)/t29-,30?/m0/s1. The van der Waals surface area contributed by atoms with Crippen LogP contribution in [0.5, 0.6) is 0 Å². The third kappa shape index (κ3) is 9.96. The summed E-state index contributed by atoms with van der Waals surface area (Å²) in [5.74, 6) is 1.26. The lowest BCUT2D eigenvalue weighted by Crippen LogP contribution is -2.32. The molecule has 3 aliphatic rings. The molecular formula is C38H45IN4O6. The number of anilines is 2. The van der Waals surface area contributed by atoms with E-state index < -0.39 is 21.1 Å². The molecule has 6 rings (SSSR count). The maximum Gasteiger partial charge on any atom is 0.420 e. The molecule has 2 aliphatic heterocycles. The number of unbranched alkanes of at least 4 members (excludes halogenated alkanes) is 1. The fraction of sp³-hybridized carbons (Fsp3) is 0.421. The number of ether oxygens (including phenoxy) is 2. The zero-order valence-corrected chi connectivity index (χ0v) is 30.1. The molecule has 2 heterocycles. The lowest BCUT2D eigenvalue weighted by atomic mass is 10.0. The van der Waals surface area contributed by atoms with Gasteiger partial charge in [0.2, 0.25) is 11.8 Å². The topological polar surface area (TPSA) is 109 Å². The third-order valence-electron chi connectivity index (χ3n) is 9.39. The molecule has 1 unspecified atom stereocenters. The normalized spacial score (nSPS) is 20.1. The van der Waals surface area contributed by atoms with Crippen molar-refractivity contribution in [2.75, 3.05) is 57.1 Å². The highest BCUT2D eigenvalue weighted by molar-refractivity contribution is 14.2. The molecule has 2 N–H and O–H groups in total. The van der Waals surface area contributed by atoms with Crippen molar-refractivity contribution in [1.29, 1.82) is 0 Å². The lowest BCUT2D eigenvalue weighted by Gasteiger charge is -2.20. The number of rotatable bonds is 13. The molecular weight excluding hydrogens is 735 g/mol. The Kier molecular flexibility index (Phi) is 12.4. The highest BCUT2D eigenvalue weighted by Gasteiger charge is 2.39. The summed E-state index contributed by atoms with van der Waals surface area (Å²) in [6.45, 7) is 4.58. The highest BCUT2D eigenvalue weighted by Crippen LogP contribution is 2.39. The first kappa shape index (κ1) is 35.2. The minimum Gasteiger partial charge on any atom is -0.387 e. The van der Waals surface area contributed by atoms with E-state index >= 15 is 0 Å². The van der Waals surface area contributed by atoms with Crippen molar-refractivity contribution in [2.45, 2.75) is 44.8 Å². The average Bonchev–Trinajstić information content (AvgIpc) is 3.87. The summed E-state index contributed by atoms with van der Waals surface area (Å²) >= 11 is -0.788. The summed E-state index contributed by atoms with van der Waals surface area (Å²) in [5, 5.41) is 5.89. The predicted octanol–water partition coefficient (Wildman–Crippen LogP) is 7.00. The van der Waals surface area contributed by atoms with E-state index in [1.54, 1.807) is 4.90 Å². The van der Waals surface area contributed by atoms with Gasteiger partial charge in [0.25, 0.3) is 0 Å². The van der Waals surface area contributed by atoms with Crippen LogP contribution in [0.15, 0.2) is 78.9 Å². The van der Waals surface area contributed by atoms with Crippen molar-refractivity contribution in [3.63, 3.8) is 0 Å². The van der Waals surface area contributed by atoms with E-state index in [9.17, 15) is 14.4 Å². The molecule has 0 bridgehead atoms. The summed E-state index contributed by atoms with van der Waals surface area (Å²) < 4.78 is 18.2. The molecule has 260 valence electrons. The largest absolute Gasteiger partial charge is 0.420 e. The van der Waals surface area contributed by atoms with E-state index in [2.05, 4.69) is 15.5 Å². The number of benzene rings is 3. The molecule has 0 aromatic heterocycles. The van der Waals surface area contributed by atoms with Crippen molar-refractivity contribution in [3.05, 3.63) is 84.4 Å². The number of nitrogens with one attached hydrogen (secondary N) is 2. The second-order valence-electron chi connectivity index (χ2n) is 12.9. The molecule has 0 radical (unpaired) electrons. The highest BCUT2D eigenvalue weighted by atomic mass is 127. The predicted molar refractivity (Wildman–Crippen MR) is 199 cm³/mol. The second-order valence-corrected chi connectivity index (χ2v) is 15.4. The average molecular weight is 781 g/mol. The van der Waals surface area contributed by atoms with Crippen LogP contribution >= 0.6 is 21.1 Å². The molecule has 3 aromatic carbocycles. The molecule has 11 heteroatoms. The SMILES string of the molecule is CN(CCCCC(=O)Nc1ccc(C2OCCO2)cc1)C(=O)CCN1CC2CC(=IOC(=O)Nc3ccccc3-c3ccccc3)C[C@H]2C1. The number of para-hydroxylation sites is 1. The van der Waals surface area contributed by atoms with Gasteiger partial charge in [0.1, 0.15) is 21.1 Å². The maximum absolute atomic E-state index is 12.8. The zero-order valence-electron chi connectivity index (χ0n) is 27.9. The third-order valence-corrected chi connectivity index (χ3v) is 11.5. The Bertz CT molecular complexity index is 1600. The van der Waals surface area contributed by atoms with Gasteiger partial charge in [0.15, 0.2) is 6.29 Å². The van der Waals surface area contributed by atoms with E-state index in [4.69, 9.17) is 12.5 Å². The molecule has 49 heavy (non-hydrogen) atoms. The fourth-order valence-electron chi connectivity index (χ4n) is 6.78. The Morgan fingerprint density at radius 3 is 2.29 bits per heavy atom. The van der Waals surface area contributed by atoms with E-state index in [0.29, 0.717) is 50.9 Å². The fourth-order valence-corrected chi connectivity index (χ4v) is 8.89. The molecule has 10 nitrogen and oxygen atoms in total. The molecule has 1 saturated carbocycles. The minimum atomic E-state index is -0.788. The van der Waals surface area contributed by atoms with Crippen LogP contribution in [0.2, 0.25) is 0 Å². The number of halogens is 1. The summed E-state index contributed by atoms with van der Waals surface area (Å²) in [7, 11) is 1.85. The number of nitrogens with zero attached hydrogens (tertiary/aromatic N) is 2. The van der Waals surface area contributed by atoms with Crippen LogP contribution < -0.4 is 10.6 Å². The molecule has 2 saturated heterocycles. The molecule has 1 aliphatic carbocycles. The first-order chi connectivity index (χ1) is 23.9. The molecule has 0 spiro atoms. The molecule has 3 aromatic rings. The second kappa shape index (κ2) is 17.3. The zero-order chi connectivity index (χ0) is 34.0. The lowest BCUT2D eigenvalue weighted by molar-refractivity contribution is -0.130. The van der Waals surface area contributed by atoms with Crippen LogP contribution in [0.1, 0.15) is 50.4 Å². The van der Waals surface area contributed by atoms with Gasteiger partial charge >= 0.3 is 6.09 Å². The van der Waals surface area contributed by atoms with Crippen LogP contribution in [-0.4, -0.2) is 77.7 Å². The van der Waals surface area contributed by atoms with Crippen molar-refractivity contribution in [1.82, 2.24) is 9.80 Å². The monoisotopic (exact) mass is 780 g/mol. The number of likely N-dealkylation sites (tertiary alicyclic amines) is 1. The van der Waals surface area contributed by atoms with Gasteiger partial charge in [-0.25, -0.2) is 4.79 Å². The van der Waals surface area contributed by atoms with Gasteiger partial charge in [-0.3, -0.25) is 14.9 Å². The van der Waals surface area contributed by atoms with Gasteiger partial charge in [0.05, 0.1) is 18.9 Å². The van der Waals surface area contributed by atoms with Crippen LogP contribution in [-0.2, 0) is 22.1 Å². The van der Waals surface area contributed by atoms with Gasteiger partial charge in [-0.15, -0.1) is 0 Å². The summed E-state index contributed by atoms with van der Waals surface area (Å²) in [5.41, 5.74) is 4.45. The number of amides is 3. The van der Waals surface area contributed by atoms with E-state index in [0.717, 1.165) is 67.0 Å². The number of hydrogen-bond acceptors (Lipinski definition) is 7. The summed E-state index contributed by atoms with van der Waals surface area (Å²) in [4.78, 5) is 42.1. The van der Waals surface area contributed by atoms with Crippen molar-refractivity contribution in [2.24, 2.45) is 11.8 Å². The first-order valence-electron chi connectivity index (χ1n) is 17.1. The van der Waals surface area contributed by atoms with Gasteiger partial charge in [-0.2, -0.15) is 0 Å². The summed E-state index contributed by atoms with van der Waals surface area (Å²) in [6, 6.07) is 25.3. The Morgan fingerprint density at radius 1 is 0.857 bits per heavy atom. The minimum absolute atomic E-state index is 0.0309. The van der Waals surface area contributed by atoms with Crippen molar-refractivity contribution < 1.29 is 26.9 Å². The quantitative estimate of drug-likeness (QED) is 0.142. The number of carbonyl (C=O) groups is 3. The molecule has 2 atom stereocenters. The smallest absolute Gasteiger partial charge is 0.387 e. The van der Waals surface area contributed by atoms with Crippen LogP contribution in [0.4, 0.5) is 16.2 Å². The van der Waals surface area contributed by atoms with E-state index in [1.165, 1.54) is 3.51 Å². The first-order valence-corrected chi connectivity index (χ1v) is 19.1. The molecule has 3 fully saturated rings. The van der Waals surface area contributed by atoms with Gasteiger partial charge in [-0.1, -0.05) is 60.7 Å². The Labute approximate surface area is 298 Å². The maximum atomic E-state index is 12.8. The van der Waals surface area contributed by atoms with Crippen molar-refractivity contribution >= 4 is 53.9 Å². The van der Waals surface area contributed by atoms with E-state index in [1.807, 2.05) is 85.9 Å². The van der Waals surface area contributed by atoms with Gasteiger partial charge in [-0.05, 0) is 64.8 Å². The van der Waals surface area contributed by atoms with Crippen LogP contribution in [0.25, 0.3) is 11.1 Å². The van der Waals surface area contributed by atoms with E-state index in [-0.39, 0.29) is 24.2 Å². The Morgan fingerprint density at radius 2 is 1.55 bits per heavy atom. The van der Waals surface area contributed by atoms with Gasteiger partial charge < -0.3 is 27.7 Å². The van der Waals surface area contributed by atoms with Gasteiger partial charge in [0, 0.05) is 62.9 Å². The van der Waals surface area contributed by atoms with Crippen LogP contribution in [0.3, 0.4) is 0 Å². The molecule has 3 amide bonds. The Hall–Kier alpha value is -3.65. The van der Waals surface area contributed by atoms with Crippen LogP contribution in [0, 0.1) is 11.8 Å². The Balaban J connectivity index is 0.839.